The Balaban J connectivity index is 1.30. The van der Waals surface area contributed by atoms with Crippen LogP contribution < -0.4 is 16.4 Å². The average molecular weight is 611 g/mol. The number of aromatic nitrogens is 1. The highest BCUT2D eigenvalue weighted by molar-refractivity contribution is 6.09. The molecule has 0 saturated carbocycles. The molecule has 2 amide bonds. The van der Waals surface area contributed by atoms with Gasteiger partial charge in [-0.2, -0.15) is 13.2 Å². The van der Waals surface area contributed by atoms with Crippen molar-refractivity contribution in [3.63, 3.8) is 0 Å². The van der Waals surface area contributed by atoms with Crippen molar-refractivity contribution in [1.82, 2.24) is 9.88 Å². The Morgan fingerprint density at radius 1 is 0.800 bits per heavy atom. The molecule has 0 fully saturated rings. The molecule has 9 heteroatoms. The molecule has 0 bridgehead atoms. The molecule has 6 nitrogen and oxygen atoms in total. The first kappa shape index (κ1) is 31.3. The molecule has 0 radical (unpaired) electrons. The van der Waals surface area contributed by atoms with E-state index in [0.29, 0.717) is 48.6 Å². The van der Waals surface area contributed by atoms with Gasteiger partial charge in [-0.25, -0.2) is 0 Å². The van der Waals surface area contributed by atoms with Gasteiger partial charge in [0, 0.05) is 24.8 Å². The van der Waals surface area contributed by atoms with E-state index in [1.165, 1.54) is 17.7 Å². The molecule has 4 aromatic carbocycles. The third-order valence-electron chi connectivity index (χ3n) is 7.48. The second-order valence-electron chi connectivity index (χ2n) is 10.8. The minimum Gasteiger partial charge on any atom is -0.347 e. The quantitative estimate of drug-likeness (QED) is 0.152. The molecule has 1 heterocycles. The van der Waals surface area contributed by atoms with Crippen molar-refractivity contribution in [2.24, 2.45) is 5.73 Å². The first-order valence-electron chi connectivity index (χ1n) is 14.5. The van der Waals surface area contributed by atoms with E-state index in [2.05, 4.69) is 34.9 Å². The SMILES string of the molecule is Cc1ccc(-c2ccc(CNC(=O)c3cc(NC(=O)c4ccccc4-c4ccc(C(F)(F)F)cc4)cn3CCCN)cc2)cc1. The maximum Gasteiger partial charge on any atom is 0.416 e. The van der Waals surface area contributed by atoms with Gasteiger partial charge in [-0.15, -0.1) is 0 Å². The summed E-state index contributed by atoms with van der Waals surface area (Å²) in [6.45, 7) is 3.26. The van der Waals surface area contributed by atoms with Crippen LogP contribution in [0.3, 0.4) is 0 Å². The van der Waals surface area contributed by atoms with E-state index < -0.39 is 17.6 Å². The topological polar surface area (TPSA) is 89.2 Å². The van der Waals surface area contributed by atoms with Crippen molar-refractivity contribution >= 4 is 17.5 Å². The lowest BCUT2D eigenvalue weighted by atomic mass is 9.98. The van der Waals surface area contributed by atoms with Crippen LogP contribution in [0.15, 0.2) is 109 Å². The van der Waals surface area contributed by atoms with Gasteiger partial charge in [-0.05, 0) is 72.0 Å². The number of halogens is 3. The van der Waals surface area contributed by atoms with Crippen molar-refractivity contribution < 1.29 is 22.8 Å². The smallest absolute Gasteiger partial charge is 0.347 e. The van der Waals surface area contributed by atoms with Crippen molar-refractivity contribution in [2.45, 2.75) is 32.6 Å². The molecule has 0 aliphatic rings. The van der Waals surface area contributed by atoms with Crippen molar-refractivity contribution in [2.75, 3.05) is 11.9 Å². The number of hydrogen-bond donors (Lipinski definition) is 3. The Morgan fingerprint density at radius 2 is 1.42 bits per heavy atom. The molecule has 45 heavy (non-hydrogen) atoms. The van der Waals surface area contributed by atoms with E-state index in [4.69, 9.17) is 5.73 Å². The number of aryl methyl sites for hydroxylation is 2. The fraction of sp³-hybridized carbons (Fsp3) is 0.167. The molecule has 4 N–H and O–H groups in total. The molecule has 0 spiro atoms. The van der Waals surface area contributed by atoms with Gasteiger partial charge in [-0.3, -0.25) is 9.59 Å². The van der Waals surface area contributed by atoms with E-state index in [9.17, 15) is 22.8 Å². The van der Waals surface area contributed by atoms with Gasteiger partial charge in [0.05, 0.1) is 11.3 Å². The fourth-order valence-corrected chi connectivity index (χ4v) is 5.02. The Morgan fingerprint density at radius 3 is 2.07 bits per heavy atom. The standard InChI is InChI=1S/C36H33F3N4O2/c1-24-7-11-26(12-8-24)27-13-9-25(10-14-27)22-41-35(45)33-21-30(23-43(33)20-4-19-40)42-34(44)32-6-3-2-5-31(32)28-15-17-29(18-16-28)36(37,38)39/h2-3,5-18,21,23H,4,19-20,22,40H2,1H3,(H,41,45)(H,42,44). The number of anilines is 1. The van der Waals surface area contributed by atoms with E-state index in [1.54, 1.807) is 41.1 Å². The summed E-state index contributed by atoms with van der Waals surface area (Å²) >= 11 is 0. The van der Waals surface area contributed by atoms with Gasteiger partial charge in [-0.1, -0.05) is 84.4 Å². The number of amides is 2. The van der Waals surface area contributed by atoms with Crippen LogP contribution in [-0.2, 0) is 19.3 Å². The lowest BCUT2D eigenvalue weighted by molar-refractivity contribution is -0.137. The molecule has 0 aliphatic carbocycles. The first-order valence-corrected chi connectivity index (χ1v) is 14.5. The van der Waals surface area contributed by atoms with Gasteiger partial charge in [0.1, 0.15) is 5.69 Å². The highest BCUT2D eigenvalue weighted by Crippen LogP contribution is 2.32. The minimum absolute atomic E-state index is 0.284. The molecule has 0 aliphatic heterocycles. The van der Waals surface area contributed by atoms with Gasteiger partial charge in [0.15, 0.2) is 0 Å². The Labute approximate surface area is 259 Å². The number of benzene rings is 4. The van der Waals surface area contributed by atoms with Crippen molar-refractivity contribution in [1.29, 1.82) is 0 Å². The second-order valence-corrected chi connectivity index (χ2v) is 10.8. The lowest BCUT2D eigenvalue weighted by Gasteiger charge is -2.11. The van der Waals surface area contributed by atoms with Gasteiger partial charge < -0.3 is 20.9 Å². The molecular formula is C36H33F3N4O2. The van der Waals surface area contributed by atoms with E-state index in [-0.39, 0.29) is 11.5 Å². The number of nitrogens with zero attached hydrogens (tertiary/aromatic N) is 1. The molecule has 0 saturated heterocycles. The Bertz CT molecular complexity index is 1780. The molecule has 1 aromatic heterocycles. The Hall–Kier alpha value is -5.15. The molecule has 0 unspecified atom stereocenters. The van der Waals surface area contributed by atoms with E-state index in [0.717, 1.165) is 28.8 Å². The van der Waals surface area contributed by atoms with Crippen LogP contribution in [0, 0.1) is 6.92 Å². The summed E-state index contributed by atoms with van der Waals surface area (Å²) in [6.07, 6.45) is -2.15. The predicted octanol–water partition coefficient (Wildman–Crippen LogP) is 7.68. The van der Waals surface area contributed by atoms with E-state index in [1.807, 2.05) is 31.2 Å². The maximum atomic E-state index is 13.4. The summed E-state index contributed by atoms with van der Waals surface area (Å²) in [5.74, 6) is -0.762. The largest absolute Gasteiger partial charge is 0.416 e. The molecule has 230 valence electrons. The lowest BCUT2D eigenvalue weighted by Crippen LogP contribution is -2.25. The highest BCUT2D eigenvalue weighted by Gasteiger charge is 2.30. The van der Waals surface area contributed by atoms with Crippen LogP contribution in [-0.4, -0.2) is 22.9 Å². The van der Waals surface area contributed by atoms with Crippen molar-refractivity contribution in [3.05, 3.63) is 137 Å². The number of nitrogens with two attached hydrogens (primary N) is 1. The third kappa shape index (κ3) is 7.69. The van der Waals surface area contributed by atoms with Crippen LogP contribution in [0.4, 0.5) is 18.9 Å². The maximum absolute atomic E-state index is 13.4. The Kier molecular flexibility index (Phi) is 9.49. The number of rotatable bonds is 10. The molecular weight excluding hydrogens is 577 g/mol. The van der Waals surface area contributed by atoms with Crippen LogP contribution in [0.25, 0.3) is 22.3 Å². The predicted molar refractivity (Wildman–Crippen MR) is 171 cm³/mol. The first-order chi connectivity index (χ1) is 21.6. The zero-order chi connectivity index (χ0) is 32.0. The molecule has 0 atom stereocenters. The van der Waals surface area contributed by atoms with Crippen LogP contribution in [0.5, 0.6) is 0 Å². The number of nitrogens with one attached hydrogen (secondary N) is 2. The normalized spacial score (nSPS) is 11.3. The molecule has 5 rings (SSSR count). The summed E-state index contributed by atoms with van der Waals surface area (Å²) < 4.78 is 40.9. The number of hydrogen-bond acceptors (Lipinski definition) is 3. The zero-order valence-corrected chi connectivity index (χ0v) is 24.7. The highest BCUT2D eigenvalue weighted by atomic mass is 19.4. The summed E-state index contributed by atoms with van der Waals surface area (Å²) in [7, 11) is 0. The van der Waals surface area contributed by atoms with Gasteiger partial charge >= 0.3 is 6.18 Å². The third-order valence-corrected chi connectivity index (χ3v) is 7.48. The minimum atomic E-state index is -4.46. The van der Waals surface area contributed by atoms with Crippen LogP contribution >= 0.6 is 0 Å². The fourth-order valence-electron chi connectivity index (χ4n) is 5.02. The summed E-state index contributed by atoms with van der Waals surface area (Å²) in [5.41, 5.74) is 11.3. The second kappa shape index (κ2) is 13.7. The van der Waals surface area contributed by atoms with Gasteiger partial charge in [0.2, 0.25) is 0 Å². The monoisotopic (exact) mass is 610 g/mol. The summed E-state index contributed by atoms with van der Waals surface area (Å²) in [6, 6.07) is 29.2. The zero-order valence-electron chi connectivity index (χ0n) is 24.7. The van der Waals surface area contributed by atoms with E-state index >= 15 is 0 Å². The summed E-state index contributed by atoms with van der Waals surface area (Å²) in [4.78, 5) is 26.6. The van der Waals surface area contributed by atoms with Crippen molar-refractivity contribution in [3.8, 4) is 22.3 Å². The van der Waals surface area contributed by atoms with Gasteiger partial charge in [0.25, 0.3) is 11.8 Å². The van der Waals surface area contributed by atoms with Crippen LogP contribution in [0.1, 0.15) is 44.0 Å². The average Bonchev–Trinajstić information content (AvgIpc) is 3.45. The number of carbonyl (C=O) groups excluding carboxylic acids is 2. The summed E-state index contributed by atoms with van der Waals surface area (Å²) in [5, 5.41) is 5.80. The number of alkyl halides is 3. The molecule has 5 aromatic rings. The van der Waals surface area contributed by atoms with Crippen LogP contribution in [0.2, 0.25) is 0 Å². The number of carbonyl (C=O) groups is 2.